The highest BCUT2D eigenvalue weighted by Crippen LogP contribution is 2.25. The molecule has 0 radical (unpaired) electrons. The third-order valence-electron chi connectivity index (χ3n) is 2.87. The average Bonchev–Trinajstić information content (AvgIpc) is 2.75. The molecule has 88 valence electrons. The molecule has 0 bridgehead atoms. The summed E-state index contributed by atoms with van der Waals surface area (Å²) >= 11 is 4.88. The standard InChI is InChI=1S/C11H14BrNO2S/c1-13(8-2-5-15-6-3-8)11(14)10-9(12)4-7-16-10/h4,7-8H,2-3,5-6H2,1H3. The van der Waals surface area contributed by atoms with Gasteiger partial charge < -0.3 is 9.64 Å². The van der Waals surface area contributed by atoms with Crippen LogP contribution in [0.15, 0.2) is 15.9 Å². The van der Waals surface area contributed by atoms with Gasteiger partial charge in [0.25, 0.3) is 5.91 Å². The van der Waals surface area contributed by atoms with Gasteiger partial charge >= 0.3 is 0 Å². The Morgan fingerprint density at radius 3 is 2.81 bits per heavy atom. The predicted octanol–water partition coefficient (Wildman–Crippen LogP) is 2.76. The van der Waals surface area contributed by atoms with Gasteiger partial charge in [-0.25, -0.2) is 0 Å². The molecule has 0 spiro atoms. The summed E-state index contributed by atoms with van der Waals surface area (Å²) in [5.74, 6) is 0.105. The van der Waals surface area contributed by atoms with Crippen molar-refractivity contribution in [2.75, 3.05) is 20.3 Å². The minimum absolute atomic E-state index is 0.105. The van der Waals surface area contributed by atoms with Crippen molar-refractivity contribution in [1.29, 1.82) is 0 Å². The maximum absolute atomic E-state index is 12.2. The van der Waals surface area contributed by atoms with E-state index in [1.54, 1.807) is 0 Å². The number of ether oxygens (including phenoxy) is 1. The van der Waals surface area contributed by atoms with E-state index in [4.69, 9.17) is 4.74 Å². The molecular weight excluding hydrogens is 290 g/mol. The van der Waals surface area contributed by atoms with Crippen molar-refractivity contribution < 1.29 is 9.53 Å². The minimum atomic E-state index is 0.105. The van der Waals surface area contributed by atoms with E-state index in [0.717, 1.165) is 35.4 Å². The topological polar surface area (TPSA) is 29.5 Å². The van der Waals surface area contributed by atoms with E-state index >= 15 is 0 Å². The summed E-state index contributed by atoms with van der Waals surface area (Å²) in [5, 5.41) is 1.93. The maximum Gasteiger partial charge on any atom is 0.265 e. The normalized spacial score (nSPS) is 17.4. The van der Waals surface area contributed by atoms with Crippen molar-refractivity contribution >= 4 is 33.2 Å². The van der Waals surface area contributed by atoms with Crippen LogP contribution in [0.4, 0.5) is 0 Å². The zero-order valence-electron chi connectivity index (χ0n) is 9.11. The fourth-order valence-electron chi connectivity index (χ4n) is 1.84. The second-order valence-corrected chi connectivity index (χ2v) is 5.63. The Labute approximate surface area is 108 Å². The summed E-state index contributed by atoms with van der Waals surface area (Å²) < 4.78 is 6.19. The fraction of sp³-hybridized carbons (Fsp3) is 0.545. The van der Waals surface area contributed by atoms with Crippen LogP contribution in [0.5, 0.6) is 0 Å². The quantitative estimate of drug-likeness (QED) is 0.841. The third-order valence-corrected chi connectivity index (χ3v) is 4.70. The summed E-state index contributed by atoms with van der Waals surface area (Å²) in [5.41, 5.74) is 0. The zero-order chi connectivity index (χ0) is 11.5. The summed E-state index contributed by atoms with van der Waals surface area (Å²) in [6.07, 6.45) is 1.87. The van der Waals surface area contributed by atoms with Crippen LogP contribution in [0.1, 0.15) is 22.5 Å². The molecule has 0 N–H and O–H groups in total. The van der Waals surface area contributed by atoms with Gasteiger partial charge in [-0.2, -0.15) is 0 Å². The first kappa shape index (κ1) is 12.1. The molecule has 5 heteroatoms. The highest BCUT2D eigenvalue weighted by molar-refractivity contribution is 9.10. The lowest BCUT2D eigenvalue weighted by Crippen LogP contribution is -2.40. The molecule has 0 aromatic carbocycles. The Hall–Kier alpha value is -0.390. The van der Waals surface area contributed by atoms with Crippen molar-refractivity contribution in [2.45, 2.75) is 18.9 Å². The van der Waals surface area contributed by atoms with E-state index in [0.29, 0.717) is 6.04 Å². The van der Waals surface area contributed by atoms with Crippen LogP contribution < -0.4 is 0 Å². The number of carbonyl (C=O) groups is 1. The van der Waals surface area contributed by atoms with E-state index in [9.17, 15) is 4.79 Å². The fourth-order valence-corrected chi connectivity index (χ4v) is 3.37. The molecule has 2 heterocycles. The highest BCUT2D eigenvalue weighted by Gasteiger charge is 2.25. The SMILES string of the molecule is CN(C(=O)c1sccc1Br)C1CCOCC1. The maximum atomic E-state index is 12.2. The van der Waals surface area contributed by atoms with Gasteiger partial charge in [0.2, 0.25) is 0 Å². The monoisotopic (exact) mass is 303 g/mol. The first-order valence-electron chi connectivity index (χ1n) is 5.28. The van der Waals surface area contributed by atoms with E-state index in [2.05, 4.69) is 15.9 Å². The first-order chi connectivity index (χ1) is 7.70. The van der Waals surface area contributed by atoms with E-state index in [1.807, 2.05) is 23.4 Å². The molecule has 0 saturated carbocycles. The number of hydrogen-bond acceptors (Lipinski definition) is 3. The number of nitrogens with zero attached hydrogens (tertiary/aromatic N) is 1. The van der Waals surface area contributed by atoms with Gasteiger partial charge in [-0.15, -0.1) is 11.3 Å². The molecule has 16 heavy (non-hydrogen) atoms. The van der Waals surface area contributed by atoms with E-state index in [1.165, 1.54) is 11.3 Å². The van der Waals surface area contributed by atoms with Crippen LogP contribution in [0.3, 0.4) is 0 Å². The molecule has 0 aliphatic carbocycles. The van der Waals surface area contributed by atoms with Gasteiger partial charge in [0.1, 0.15) is 4.88 Å². The van der Waals surface area contributed by atoms with Crippen molar-refractivity contribution in [1.82, 2.24) is 4.90 Å². The Morgan fingerprint density at radius 2 is 2.25 bits per heavy atom. The van der Waals surface area contributed by atoms with Crippen molar-refractivity contribution in [3.05, 3.63) is 20.8 Å². The first-order valence-corrected chi connectivity index (χ1v) is 6.95. The van der Waals surface area contributed by atoms with Crippen LogP contribution in [-0.2, 0) is 4.74 Å². The van der Waals surface area contributed by atoms with Crippen molar-refractivity contribution in [3.8, 4) is 0 Å². The number of hydrogen-bond donors (Lipinski definition) is 0. The Bertz CT molecular complexity index is 374. The number of halogens is 1. The molecule has 0 atom stereocenters. The summed E-state index contributed by atoms with van der Waals surface area (Å²) in [6.45, 7) is 1.52. The Morgan fingerprint density at radius 1 is 1.56 bits per heavy atom. The Balaban J connectivity index is 2.06. The Kier molecular flexibility index (Phi) is 4.00. The highest BCUT2D eigenvalue weighted by atomic mass is 79.9. The molecule has 1 amide bonds. The minimum Gasteiger partial charge on any atom is -0.381 e. The van der Waals surface area contributed by atoms with Gasteiger partial charge in [0.15, 0.2) is 0 Å². The predicted molar refractivity (Wildman–Crippen MR) is 68.0 cm³/mol. The lowest BCUT2D eigenvalue weighted by atomic mass is 10.1. The summed E-state index contributed by atoms with van der Waals surface area (Å²) in [6, 6.07) is 2.23. The second kappa shape index (κ2) is 5.29. The van der Waals surface area contributed by atoms with Gasteiger partial charge in [-0.05, 0) is 40.2 Å². The molecule has 1 aliphatic heterocycles. The smallest absolute Gasteiger partial charge is 0.265 e. The number of rotatable bonds is 2. The largest absolute Gasteiger partial charge is 0.381 e. The van der Waals surface area contributed by atoms with Crippen LogP contribution >= 0.6 is 27.3 Å². The van der Waals surface area contributed by atoms with Gasteiger partial charge in [0, 0.05) is 30.8 Å². The molecule has 3 nitrogen and oxygen atoms in total. The van der Waals surface area contributed by atoms with Crippen LogP contribution in [0.25, 0.3) is 0 Å². The summed E-state index contributed by atoms with van der Waals surface area (Å²) in [4.78, 5) is 14.8. The van der Waals surface area contributed by atoms with Gasteiger partial charge in [-0.1, -0.05) is 0 Å². The molecule has 1 fully saturated rings. The van der Waals surface area contributed by atoms with Crippen LogP contribution in [-0.4, -0.2) is 37.1 Å². The molecule has 1 aromatic heterocycles. The number of thiophene rings is 1. The molecular formula is C11H14BrNO2S. The van der Waals surface area contributed by atoms with Crippen LogP contribution in [0, 0.1) is 0 Å². The molecule has 1 saturated heterocycles. The van der Waals surface area contributed by atoms with Crippen LogP contribution in [0.2, 0.25) is 0 Å². The zero-order valence-corrected chi connectivity index (χ0v) is 11.5. The molecule has 0 unspecified atom stereocenters. The van der Waals surface area contributed by atoms with E-state index < -0.39 is 0 Å². The molecule has 1 aromatic rings. The third kappa shape index (κ3) is 2.47. The van der Waals surface area contributed by atoms with Crippen molar-refractivity contribution in [3.63, 3.8) is 0 Å². The summed E-state index contributed by atoms with van der Waals surface area (Å²) in [7, 11) is 1.88. The van der Waals surface area contributed by atoms with Gasteiger partial charge in [0.05, 0.1) is 0 Å². The van der Waals surface area contributed by atoms with E-state index in [-0.39, 0.29) is 5.91 Å². The average molecular weight is 304 g/mol. The van der Waals surface area contributed by atoms with Crippen molar-refractivity contribution in [2.24, 2.45) is 0 Å². The lowest BCUT2D eigenvalue weighted by Gasteiger charge is -2.31. The van der Waals surface area contributed by atoms with Gasteiger partial charge in [-0.3, -0.25) is 4.79 Å². The second-order valence-electron chi connectivity index (χ2n) is 3.86. The molecule has 2 rings (SSSR count). The number of carbonyl (C=O) groups excluding carboxylic acids is 1. The molecule has 1 aliphatic rings. The lowest BCUT2D eigenvalue weighted by molar-refractivity contribution is 0.0364. The number of amides is 1.